The summed E-state index contributed by atoms with van der Waals surface area (Å²) in [6, 6.07) is 0. The number of unbranched alkanes of at least 4 members (excludes halogenated alkanes) is 7. The molecule has 4 rings (SSSR count). The summed E-state index contributed by atoms with van der Waals surface area (Å²) in [5, 5.41) is 34.3. The SMILES string of the molecule is CCCCCCCCCCn1cc(-c2nc(N)c3ncn(C4OC(CO)C(O)C4O)c3n2)cn1. The second-order valence-corrected chi connectivity index (χ2v) is 8.95. The Bertz CT molecular complexity index is 1070. The fourth-order valence-electron chi connectivity index (χ4n) is 4.37. The summed E-state index contributed by atoms with van der Waals surface area (Å²) in [6.07, 6.45) is 10.8. The topological polar surface area (TPSA) is 157 Å². The van der Waals surface area contributed by atoms with Gasteiger partial charge in [0.2, 0.25) is 0 Å². The first-order valence-electron chi connectivity index (χ1n) is 12.2. The quantitative estimate of drug-likeness (QED) is 0.289. The zero-order valence-electron chi connectivity index (χ0n) is 19.6. The van der Waals surface area contributed by atoms with Gasteiger partial charge in [-0.1, -0.05) is 51.9 Å². The Morgan fingerprint density at radius 3 is 2.47 bits per heavy atom. The van der Waals surface area contributed by atoms with Gasteiger partial charge in [-0.25, -0.2) is 15.0 Å². The van der Waals surface area contributed by atoms with Crippen molar-refractivity contribution in [1.29, 1.82) is 0 Å². The van der Waals surface area contributed by atoms with E-state index < -0.39 is 31.1 Å². The molecule has 11 heteroatoms. The second-order valence-electron chi connectivity index (χ2n) is 8.95. The number of anilines is 1. The van der Waals surface area contributed by atoms with Crippen LogP contribution in [0.2, 0.25) is 0 Å². The van der Waals surface area contributed by atoms with Crippen LogP contribution >= 0.6 is 0 Å². The minimum atomic E-state index is -1.25. The van der Waals surface area contributed by atoms with Crippen LogP contribution < -0.4 is 5.73 Å². The maximum absolute atomic E-state index is 10.4. The molecule has 3 aromatic rings. The summed E-state index contributed by atoms with van der Waals surface area (Å²) in [5.41, 5.74) is 7.60. The average molecular weight is 474 g/mol. The molecule has 34 heavy (non-hydrogen) atoms. The maximum atomic E-state index is 10.4. The van der Waals surface area contributed by atoms with Crippen molar-refractivity contribution in [2.24, 2.45) is 0 Å². The summed E-state index contributed by atoms with van der Waals surface area (Å²) in [6.45, 7) is 2.64. The van der Waals surface area contributed by atoms with E-state index in [0.717, 1.165) is 18.5 Å². The van der Waals surface area contributed by atoms with Gasteiger partial charge in [0.05, 0.1) is 24.7 Å². The van der Waals surface area contributed by atoms with Crippen molar-refractivity contribution >= 4 is 17.0 Å². The van der Waals surface area contributed by atoms with Gasteiger partial charge >= 0.3 is 0 Å². The zero-order valence-corrected chi connectivity index (χ0v) is 19.6. The standard InChI is InChI=1S/C23H35N7O4/c1-2-3-4-5-6-7-8-9-10-29-12-15(11-26-29)21-27-20(24)17-22(28-21)30(14-25-17)23-19(33)18(32)16(13-31)34-23/h11-12,14,16,18-19,23,31-33H,2-10,13H2,1H3,(H2,24,27,28). The van der Waals surface area contributed by atoms with Crippen LogP contribution in [0.4, 0.5) is 5.82 Å². The molecule has 5 N–H and O–H groups in total. The van der Waals surface area contributed by atoms with E-state index in [4.69, 9.17) is 10.5 Å². The molecule has 4 atom stereocenters. The van der Waals surface area contributed by atoms with E-state index in [1.807, 2.05) is 10.9 Å². The lowest BCUT2D eigenvalue weighted by Gasteiger charge is -2.16. The van der Waals surface area contributed by atoms with Crippen LogP contribution in [0.5, 0.6) is 0 Å². The summed E-state index contributed by atoms with van der Waals surface area (Å²) >= 11 is 0. The van der Waals surface area contributed by atoms with Gasteiger partial charge in [0.25, 0.3) is 0 Å². The number of imidazole rings is 1. The lowest BCUT2D eigenvalue weighted by Crippen LogP contribution is -2.33. The number of aliphatic hydroxyl groups excluding tert-OH is 3. The molecule has 1 saturated heterocycles. The largest absolute Gasteiger partial charge is 0.394 e. The smallest absolute Gasteiger partial charge is 0.168 e. The molecule has 1 aliphatic rings. The van der Waals surface area contributed by atoms with E-state index in [-0.39, 0.29) is 5.82 Å². The van der Waals surface area contributed by atoms with E-state index in [2.05, 4.69) is 27.0 Å². The van der Waals surface area contributed by atoms with Gasteiger partial charge in [0, 0.05) is 12.7 Å². The van der Waals surface area contributed by atoms with E-state index in [1.54, 1.807) is 6.20 Å². The van der Waals surface area contributed by atoms with Crippen LogP contribution in [0.25, 0.3) is 22.6 Å². The van der Waals surface area contributed by atoms with Crippen molar-refractivity contribution in [3.63, 3.8) is 0 Å². The number of ether oxygens (including phenoxy) is 1. The van der Waals surface area contributed by atoms with Gasteiger partial charge < -0.3 is 25.8 Å². The molecule has 0 saturated carbocycles. The number of rotatable bonds is 12. The zero-order chi connectivity index (χ0) is 24.1. The Balaban J connectivity index is 1.43. The molecule has 186 valence electrons. The molecule has 0 spiro atoms. The number of nitrogen functional groups attached to an aromatic ring is 1. The van der Waals surface area contributed by atoms with Gasteiger partial charge in [-0.15, -0.1) is 0 Å². The van der Waals surface area contributed by atoms with Gasteiger partial charge in [-0.05, 0) is 6.42 Å². The first-order chi connectivity index (χ1) is 16.5. The third-order valence-corrected chi connectivity index (χ3v) is 6.37. The molecule has 3 aromatic heterocycles. The van der Waals surface area contributed by atoms with Crippen molar-refractivity contribution in [3.8, 4) is 11.4 Å². The van der Waals surface area contributed by atoms with Crippen molar-refractivity contribution in [3.05, 3.63) is 18.7 Å². The Morgan fingerprint density at radius 1 is 1.03 bits per heavy atom. The lowest BCUT2D eigenvalue weighted by atomic mass is 10.1. The normalized spacial score (nSPS) is 22.7. The molecule has 0 radical (unpaired) electrons. The fraction of sp³-hybridized carbons (Fsp3) is 0.652. The van der Waals surface area contributed by atoms with Gasteiger partial charge in [-0.2, -0.15) is 5.10 Å². The van der Waals surface area contributed by atoms with Crippen LogP contribution in [0, 0.1) is 0 Å². The van der Waals surface area contributed by atoms with Crippen LogP contribution in [-0.2, 0) is 11.3 Å². The number of hydrogen-bond acceptors (Lipinski definition) is 9. The van der Waals surface area contributed by atoms with E-state index >= 15 is 0 Å². The third-order valence-electron chi connectivity index (χ3n) is 6.37. The average Bonchev–Trinajstić information content (AvgIpc) is 3.54. The maximum Gasteiger partial charge on any atom is 0.168 e. The molecular formula is C23H35N7O4. The molecule has 1 fully saturated rings. The van der Waals surface area contributed by atoms with Gasteiger partial charge in [-0.3, -0.25) is 9.25 Å². The predicted molar refractivity (Wildman–Crippen MR) is 127 cm³/mol. The second kappa shape index (κ2) is 11.2. The van der Waals surface area contributed by atoms with Crippen molar-refractivity contribution in [2.45, 2.75) is 89.4 Å². The molecule has 4 unspecified atom stereocenters. The Labute approximate surface area is 198 Å². The number of aliphatic hydroxyl groups is 3. The summed E-state index contributed by atoms with van der Waals surface area (Å²) in [5.74, 6) is 0.585. The molecular weight excluding hydrogens is 438 g/mol. The minimum absolute atomic E-state index is 0.196. The van der Waals surface area contributed by atoms with Gasteiger partial charge in [0.1, 0.15) is 23.8 Å². The number of nitrogens with two attached hydrogens (primary N) is 1. The minimum Gasteiger partial charge on any atom is -0.394 e. The van der Waals surface area contributed by atoms with Crippen LogP contribution in [0.3, 0.4) is 0 Å². The molecule has 0 aliphatic carbocycles. The Morgan fingerprint density at radius 2 is 1.76 bits per heavy atom. The predicted octanol–water partition coefficient (Wildman–Crippen LogP) is 2.02. The highest BCUT2D eigenvalue weighted by atomic mass is 16.6. The molecule has 0 amide bonds. The van der Waals surface area contributed by atoms with Crippen LogP contribution in [-0.4, -0.2) is 69.5 Å². The molecule has 4 heterocycles. The third kappa shape index (κ3) is 5.22. The molecule has 11 nitrogen and oxygen atoms in total. The van der Waals surface area contributed by atoms with Crippen LogP contribution in [0.1, 0.15) is 64.5 Å². The van der Waals surface area contributed by atoms with E-state index in [0.29, 0.717) is 17.0 Å². The highest BCUT2D eigenvalue weighted by Gasteiger charge is 2.44. The number of hydrogen-bond donors (Lipinski definition) is 4. The van der Waals surface area contributed by atoms with Crippen LogP contribution in [0.15, 0.2) is 18.7 Å². The van der Waals surface area contributed by atoms with E-state index in [1.165, 1.54) is 55.8 Å². The number of aromatic nitrogens is 6. The van der Waals surface area contributed by atoms with Crippen molar-refractivity contribution in [2.75, 3.05) is 12.3 Å². The Hall–Kier alpha value is -2.60. The molecule has 0 bridgehead atoms. The fourth-order valence-corrected chi connectivity index (χ4v) is 4.37. The van der Waals surface area contributed by atoms with Crippen molar-refractivity contribution in [1.82, 2.24) is 29.3 Å². The summed E-state index contributed by atoms with van der Waals surface area (Å²) in [4.78, 5) is 13.2. The van der Waals surface area contributed by atoms with Gasteiger partial charge in [0.15, 0.2) is 23.5 Å². The highest BCUT2D eigenvalue weighted by molar-refractivity contribution is 5.83. The molecule has 1 aliphatic heterocycles. The Kier molecular flexibility index (Phi) is 8.09. The summed E-state index contributed by atoms with van der Waals surface area (Å²) < 4.78 is 9.02. The highest BCUT2D eigenvalue weighted by Crippen LogP contribution is 2.32. The lowest BCUT2D eigenvalue weighted by molar-refractivity contribution is -0.0511. The molecule has 0 aromatic carbocycles. The number of nitrogens with zero attached hydrogens (tertiary/aromatic N) is 6. The van der Waals surface area contributed by atoms with E-state index in [9.17, 15) is 15.3 Å². The number of fused-ring (bicyclic) bond motifs is 1. The van der Waals surface area contributed by atoms with Crippen molar-refractivity contribution < 1.29 is 20.1 Å². The summed E-state index contributed by atoms with van der Waals surface area (Å²) in [7, 11) is 0. The monoisotopic (exact) mass is 473 g/mol. The number of aryl methyl sites for hydroxylation is 1. The first kappa shape index (κ1) is 24.5. The first-order valence-corrected chi connectivity index (χ1v) is 12.2.